The first kappa shape index (κ1) is 17.0. The third-order valence-electron chi connectivity index (χ3n) is 4.43. The molecule has 4 rings (SSSR count). The molecule has 0 aliphatic carbocycles. The maximum atomic E-state index is 8.36. The van der Waals surface area contributed by atoms with Crippen molar-refractivity contribution in [3.05, 3.63) is 43.1 Å². The number of piperidine rings is 1. The lowest BCUT2D eigenvalue weighted by molar-refractivity contribution is -0.122. The van der Waals surface area contributed by atoms with Gasteiger partial charge >= 0.3 is 0 Å². The Bertz CT molecular complexity index is 828. The van der Waals surface area contributed by atoms with Crippen molar-refractivity contribution in [2.24, 2.45) is 5.92 Å². The van der Waals surface area contributed by atoms with E-state index in [9.17, 15) is 0 Å². The van der Waals surface area contributed by atoms with Gasteiger partial charge in [-0.05, 0) is 36.5 Å². The molecule has 1 aliphatic heterocycles. The molecule has 1 fully saturated rings. The normalized spacial score (nSPS) is 17.0. The van der Waals surface area contributed by atoms with Gasteiger partial charge in [0.15, 0.2) is 0 Å². The molecule has 2 aromatic heterocycles. The van der Waals surface area contributed by atoms with Crippen molar-refractivity contribution in [1.29, 1.82) is 0 Å². The second-order valence-electron chi connectivity index (χ2n) is 6.21. The molecule has 25 heavy (non-hydrogen) atoms. The number of carboxylic acid groups (broad SMARTS) is 1. The number of hydrogen-bond donors (Lipinski definition) is 1. The summed E-state index contributed by atoms with van der Waals surface area (Å²) in [5, 5.41) is 8.01. The molecule has 0 saturated carbocycles. The highest BCUT2D eigenvalue weighted by atomic mass is 16.3. The van der Waals surface area contributed by atoms with Gasteiger partial charge in [-0.2, -0.15) is 0 Å². The Balaban J connectivity index is 0.000000569. The summed E-state index contributed by atoms with van der Waals surface area (Å²) in [5.74, 6) is 1.76. The third-order valence-corrected chi connectivity index (χ3v) is 4.43. The SMILES string of the molecule is CC1CCCN(c2ncnc3cccc(-c4ccoc4)c23)C1.O=CO. The summed E-state index contributed by atoms with van der Waals surface area (Å²) in [6, 6.07) is 8.20. The van der Waals surface area contributed by atoms with Crippen LogP contribution in [0.4, 0.5) is 5.82 Å². The Kier molecular flexibility index (Phi) is 5.28. The smallest absolute Gasteiger partial charge is 0.290 e. The largest absolute Gasteiger partial charge is 0.483 e. The second-order valence-corrected chi connectivity index (χ2v) is 6.21. The highest BCUT2D eigenvalue weighted by Crippen LogP contribution is 2.35. The van der Waals surface area contributed by atoms with E-state index in [0.29, 0.717) is 5.92 Å². The maximum absolute atomic E-state index is 8.36. The summed E-state index contributed by atoms with van der Waals surface area (Å²) in [4.78, 5) is 19.8. The zero-order valence-electron chi connectivity index (χ0n) is 14.1. The first-order valence-corrected chi connectivity index (χ1v) is 8.33. The van der Waals surface area contributed by atoms with Crippen LogP contribution < -0.4 is 4.90 Å². The Labute approximate surface area is 146 Å². The Morgan fingerprint density at radius 3 is 2.88 bits per heavy atom. The van der Waals surface area contributed by atoms with E-state index in [4.69, 9.17) is 14.3 Å². The highest BCUT2D eigenvalue weighted by Gasteiger charge is 2.21. The number of carbonyl (C=O) groups is 1. The van der Waals surface area contributed by atoms with Gasteiger partial charge < -0.3 is 14.4 Å². The molecule has 0 bridgehead atoms. The number of hydrogen-bond acceptors (Lipinski definition) is 5. The molecule has 0 radical (unpaired) electrons. The van der Waals surface area contributed by atoms with E-state index in [1.165, 1.54) is 12.8 Å². The first-order valence-electron chi connectivity index (χ1n) is 8.33. The quantitative estimate of drug-likeness (QED) is 0.715. The topological polar surface area (TPSA) is 79.5 Å². The van der Waals surface area contributed by atoms with Crippen molar-refractivity contribution >= 4 is 23.2 Å². The fourth-order valence-electron chi connectivity index (χ4n) is 3.37. The third kappa shape index (κ3) is 3.63. The van der Waals surface area contributed by atoms with Crippen LogP contribution in [0, 0.1) is 5.92 Å². The van der Waals surface area contributed by atoms with Gasteiger partial charge in [-0.25, -0.2) is 9.97 Å². The van der Waals surface area contributed by atoms with Crippen molar-refractivity contribution in [3.8, 4) is 11.1 Å². The predicted molar refractivity (Wildman–Crippen MR) is 96.5 cm³/mol. The fraction of sp³-hybridized carbons (Fsp3) is 0.316. The van der Waals surface area contributed by atoms with Crippen LogP contribution in [-0.4, -0.2) is 34.6 Å². The van der Waals surface area contributed by atoms with Crippen molar-refractivity contribution in [2.75, 3.05) is 18.0 Å². The second kappa shape index (κ2) is 7.79. The molecule has 1 atom stereocenters. The number of nitrogens with zero attached hydrogens (tertiary/aromatic N) is 3. The molecule has 3 heterocycles. The summed E-state index contributed by atoms with van der Waals surface area (Å²) in [6.07, 6.45) is 7.69. The zero-order chi connectivity index (χ0) is 17.6. The van der Waals surface area contributed by atoms with E-state index < -0.39 is 0 Å². The minimum atomic E-state index is -0.250. The summed E-state index contributed by atoms with van der Waals surface area (Å²) in [5.41, 5.74) is 3.20. The van der Waals surface area contributed by atoms with Crippen LogP contribution in [-0.2, 0) is 4.79 Å². The molecular formula is C19H21N3O3. The number of furan rings is 1. The Hall–Kier alpha value is -2.89. The molecule has 0 spiro atoms. The van der Waals surface area contributed by atoms with Gasteiger partial charge in [-0.15, -0.1) is 0 Å². The van der Waals surface area contributed by atoms with Crippen molar-refractivity contribution in [3.63, 3.8) is 0 Å². The molecule has 1 saturated heterocycles. The minimum absolute atomic E-state index is 0.250. The van der Waals surface area contributed by atoms with Gasteiger partial charge in [0.2, 0.25) is 0 Å². The van der Waals surface area contributed by atoms with E-state index in [1.807, 2.05) is 12.1 Å². The minimum Gasteiger partial charge on any atom is -0.483 e. The number of benzene rings is 1. The van der Waals surface area contributed by atoms with Gasteiger partial charge in [0.1, 0.15) is 12.1 Å². The monoisotopic (exact) mass is 339 g/mol. The van der Waals surface area contributed by atoms with Gasteiger partial charge in [-0.3, -0.25) is 4.79 Å². The van der Waals surface area contributed by atoms with E-state index in [1.54, 1.807) is 18.9 Å². The molecule has 130 valence electrons. The van der Waals surface area contributed by atoms with Crippen LogP contribution >= 0.6 is 0 Å². The van der Waals surface area contributed by atoms with Crippen LogP contribution in [0.15, 0.2) is 47.5 Å². The van der Waals surface area contributed by atoms with Crippen LogP contribution in [0.5, 0.6) is 0 Å². The zero-order valence-corrected chi connectivity index (χ0v) is 14.1. The maximum Gasteiger partial charge on any atom is 0.290 e. The summed E-state index contributed by atoms with van der Waals surface area (Å²) in [7, 11) is 0. The number of fused-ring (bicyclic) bond motifs is 1. The summed E-state index contributed by atoms with van der Waals surface area (Å²) >= 11 is 0. The molecule has 1 unspecified atom stereocenters. The summed E-state index contributed by atoms with van der Waals surface area (Å²) < 4.78 is 5.27. The van der Waals surface area contributed by atoms with Crippen molar-refractivity contribution in [2.45, 2.75) is 19.8 Å². The van der Waals surface area contributed by atoms with Gasteiger partial charge in [-0.1, -0.05) is 19.1 Å². The highest BCUT2D eigenvalue weighted by molar-refractivity contribution is 6.01. The summed E-state index contributed by atoms with van der Waals surface area (Å²) in [6.45, 7) is 4.19. The van der Waals surface area contributed by atoms with E-state index in [-0.39, 0.29) is 6.47 Å². The van der Waals surface area contributed by atoms with Crippen molar-refractivity contribution in [1.82, 2.24) is 9.97 Å². The Morgan fingerprint density at radius 2 is 2.16 bits per heavy atom. The van der Waals surface area contributed by atoms with Crippen LogP contribution in [0.3, 0.4) is 0 Å². The van der Waals surface area contributed by atoms with E-state index in [2.05, 4.69) is 33.9 Å². The lowest BCUT2D eigenvalue weighted by Gasteiger charge is -2.32. The van der Waals surface area contributed by atoms with Crippen LogP contribution in [0.2, 0.25) is 0 Å². The molecule has 1 aliphatic rings. The van der Waals surface area contributed by atoms with Crippen LogP contribution in [0.1, 0.15) is 19.8 Å². The Morgan fingerprint density at radius 1 is 1.32 bits per heavy atom. The van der Waals surface area contributed by atoms with Gasteiger partial charge in [0, 0.05) is 18.7 Å². The van der Waals surface area contributed by atoms with Gasteiger partial charge in [0.25, 0.3) is 6.47 Å². The van der Waals surface area contributed by atoms with E-state index >= 15 is 0 Å². The molecule has 6 nitrogen and oxygen atoms in total. The molecule has 1 N–H and O–H groups in total. The molecule has 1 aromatic carbocycles. The molecule has 6 heteroatoms. The lowest BCUT2D eigenvalue weighted by Crippen LogP contribution is -2.35. The standard InChI is InChI=1S/C18H19N3O.CH2O2/c1-13-4-3-8-21(10-13)18-17-15(14-7-9-22-11-14)5-2-6-16(17)19-12-20-18;2-1-3/h2,5-7,9,11-13H,3-4,8,10H2,1H3;1H,(H,2,3). The van der Waals surface area contributed by atoms with E-state index in [0.717, 1.165) is 40.9 Å². The number of anilines is 1. The molecule has 0 amide bonds. The van der Waals surface area contributed by atoms with Gasteiger partial charge in [0.05, 0.1) is 23.4 Å². The average Bonchev–Trinajstić information content (AvgIpc) is 3.16. The predicted octanol–water partition coefficient (Wildman–Crippen LogP) is 3.83. The number of rotatable bonds is 2. The fourth-order valence-corrected chi connectivity index (χ4v) is 3.37. The lowest BCUT2D eigenvalue weighted by atomic mass is 9.98. The molecule has 3 aromatic rings. The number of aromatic nitrogens is 2. The van der Waals surface area contributed by atoms with Crippen molar-refractivity contribution < 1.29 is 14.3 Å². The first-order chi connectivity index (χ1) is 12.2. The van der Waals surface area contributed by atoms with Crippen LogP contribution in [0.25, 0.3) is 22.0 Å². The molecular weight excluding hydrogens is 318 g/mol. The average molecular weight is 339 g/mol.